The molecule has 3 aromatic rings. The largest absolute Gasteiger partial charge is 0.369 e. The molecule has 0 aliphatic carbocycles. The van der Waals surface area contributed by atoms with Crippen LogP contribution >= 0.6 is 11.3 Å². The molecule has 1 fully saturated rings. The zero-order valence-corrected chi connectivity index (χ0v) is 17.0. The number of carbonyl (C=O) groups excluding carboxylic acids is 1. The second kappa shape index (κ2) is 7.37. The van der Waals surface area contributed by atoms with Crippen molar-refractivity contribution in [2.24, 2.45) is 0 Å². The summed E-state index contributed by atoms with van der Waals surface area (Å²) in [5.41, 5.74) is 4.91. The Morgan fingerprint density at radius 2 is 1.79 bits per heavy atom. The van der Waals surface area contributed by atoms with Crippen molar-refractivity contribution < 1.29 is 4.79 Å². The molecule has 0 bridgehead atoms. The third-order valence-electron chi connectivity index (χ3n) is 5.31. The van der Waals surface area contributed by atoms with Gasteiger partial charge in [-0.1, -0.05) is 0 Å². The number of nitrogens with one attached hydrogen (secondary N) is 1. The summed E-state index contributed by atoms with van der Waals surface area (Å²) in [4.78, 5) is 36.0. The number of rotatable bonds is 3. The van der Waals surface area contributed by atoms with Crippen molar-refractivity contribution in [2.75, 3.05) is 43.6 Å². The van der Waals surface area contributed by atoms with Gasteiger partial charge in [-0.3, -0.25) is 15.0 Å². The summed E-state index contributed by atoms with van der Waals surface area (Å²) >= 11 is 1.49. The van der Waals surface area contributed by atoms with Gasteiger partial charge in [0.15, 0.2) is 0 Å². The number of hydrogen-bond donors (Lipinski definition) is 1. The lowest BCUT2D eigenvalue weighted by Crippen LogP contribution is -2.44. The molecule has 7 nitrogen and oxygen atoms in total. The van der Waals surface area contributed by atoms with Gasteiger partial charge >= 0.3 is 0 Å². The van der Waals surface area contributed by atoms with E-state index in [2.05, 4.69) is 27.3 Å². The monoisotopic (exact) mass is 397 g/mol. The highest BCUT2D eigenvalue weighted by atomic mass is 32.1. The van der Waals surface area contributed by atoms with E-state index < -0.39 is 0 Å². The summed E-state index contributed by atoms with van der Waals surface area (Å²) in [5, 5.41) is 0.565. The molecule has 1 saturated heterocycles. The standard InChI is InChI=1S/C20H23N5O2S/c1-13-14(2)28-19-17(13)20(27)25(12-21-19)22-18(26)15-4-6-16(7-5-15)24-10-8-23(3)9-11-24/h4-7,12H,8-11H2,1-3H3,(H,22,26). The van der Waals surface area contributed by atoms with Gasteiger partial charge < -0.3 is 9.80 Å². The van der Waals surface area contributed by atoms with Gasteiger partial charge in [0.25, 0.3) is 11.5 Å². The first kappa shape index (κ1) is 18.6. The number of aryl methyl sites for hydroxylation is 2. The van der Waals surface area contributed by atoms with Gasteiger partial charge in [-0.2, -0.15) is 0 Å². The lowest BCUT2D eigenvalue weighted by molar-refractivity contribution is 0.101. The Kier molecular flexibility index (Phi) is 4.91. The van der Waals surface area contributed by atoms with Crippen LogP contribution in [0.5, 0.6) is 0 Å². The van der Waals surface area contributed by atoms with E-state index in [0.29, 0.717) is 15.8 Å². The minimum atomic E-state index is -0.335. The number of likely N-dealkylation sites (N-methyl/N-ethyl adjacent to an activating group) is 1. The molecular formula is C20H23N5O2S. The number of nitrogens with zero attached hydrogens (tertiary/aromatic N) is 4. The Bertz CT molecular complexity index is 1080. The maximum absolute atomic E-state index is 12.7. The molecule has 28 heavy (non-hydrogen) atoms. The molecule has 0 spiro atoms. The third-order valence-corrected chi connectivity index (χ3v) is 6.43. The summed E-state index contributed by atoms with van der Waals surface area (Å²) in [6.45, 7) is 7.88. The van der Waals surface area contributed by atoms with Gasteiger partial charge in [-0.25, -0.2) is 9.66 Å². The number of fused-ring (bicyclic) bond motifs is 1. The maximum Gasteiger partial charge on any atom is 0.281 e. The van der Waals surface area contributed by atoms with Crippen LogP contribution in [0.1, 0.15) is 20.8 Å². The molecule has 4 rings (SSSR count). The first-order valence-corrected chi connectivity index (χ1v) is 10.1. The summed E-state index contributed by atoms with van der Waals surface area (Å²) in [6, 6.07) is 7.49. The number of anilines is 1. The summed E-state index contributed by atoms with van der Waals surface area (Å²) in [5.74, 6) is -0.335. The molecule has 0 atom stereocenters. The number of benzene rings is 1. The zero-order chi connectivity index (χ0) is 19.8. The summed E-state index contributed by atoms with van der Waals surface area (Å²) in [6.07, 6.45) is 1.37. The molecular weight excluding hydrogens is 374 g/mol. The first-order valence-electron chi connectivity index (χ1n) is 9.26. The van der Waals surface area contributed by atoms with E-state index in [9.17, 15) is 9.59 Å². The number of hydrogen-bond acceptors (Lipinski definition) is 6. The summed E-state index contributed by atoms with van der Waals surface area (Å²) < 4.78 is 1.16. The van der Waals surface area contributed by atoms with E-state index in [0.717, 1.165) is 47.0 Å². The highest BCUT2D eigenvalue weighted by molar-refractivity contribution is 7.18. The van der Waals surface area contributed by atoms with Crippen LogP contribution in [0.2, 0.25) is 0 Å². The lowest BCUT2D eigenvalue weighted by atomic mass is 10.1. The number of carbonyl (C=O) groups is 1. The van der Waals surface area contributed by atoms with Gasteiger partial charge in [0.2, 0.25) is 0 Å². The predicted molar refractivity (Wildman–Crippen MR) is 113 cm³/mol. The fourth-order valence-corrected chi connectivity index (χ4v) is 4.36. The van der Waals surface area contributed by atoms with Crippen molar-refractivity contribution in [3.63, 3.8) is 0 Å². The topological polar surface area (TPSA) is 70.5 Å². The van der Waals surface area contributed by atoms with Crippen molar-refractivity contribution in [1.82, 2.24) is 14.6 Å². The van der Waals surface area contributed by atoms with Crippen LogP contribution in [-0.2, 0) is 0 Å². The van der Waals surface area contributed by atoms with E-state index in [-0.39, 0.29) is 11.5 Å². The molecule has 1 N–H and O–H groups in total. The Labute approximate surface area is 167 Å². The molecule has 0 radical (unpaired) electrons. The fraction of sp³-hybridized carbons (Fsp3) is 0.350. The average Bonchev–Trinajstić information content (AvgIpc) is 2.99. The number of thiophene rings is 1. The molecule has 2 aromatic heterocycles. The zero-order valence-electron chi connectivity index (χ0n) is 16.2. The van der Waals surface area contributed by atoms with E-state index in [1.165, 1.54) is 17.7 Å². The van der Waals surface area contributed by atoms with Crippen LogP contribution < -0.4 is 15.9 Å². The highest BCUT2D eigenvalue weighted by Crippen LogP contribution is 2.25. The Morgan fingerprint density at radius 1 is 1.11 bits per heavy atom. The Hall–Kier alpha value is -2.71. The molecule has 8 heteroatoms. The smallest absolute Gasteiger partial charge is 0.281 e. The van der Waals surface area contributed by atoms with E-state index in [4.69, 9.17) is 0 Å². The van der Waals surface area contributed by atoms with Crippen LogP contribution in [0.25, 0.3) is 10.2 Å². The second-order valence-electron chi connectivity index (χ2n) is 7.16. The second-order valence-corrected chi connectivity index (χ2v) is 8.36. The number of aromatic nitrogens is 2. The van der Waals surface area contributed by atoms with Gasteiger partial charge in [0, 0.05) is 42.3 Å². The van der Waals surface area contributed by atoms with Crippen molar-refractivity contribution in [2.45, 2.75) is 13.8 Å². The van der Waals surface area contributed by atoms with Crippen molar-refractivity contribution in [1.29, 1.82) is 0 Å². The minimum absolute atomic E-state index is 0.255. The maximum atomic E-state index is 12.7. The quantitative estimate of drug-likeness (QED) is 0.734. The number of piperazine rings is 1. The van der Waals surface area contributed by atoms with Gasteiger partial charge in [-0.15, -0.1) is 11.3 Å². The Morgan fingerprint density at radius 3 is 2.46 bits per heavy atom. The molecule has 146 valence electrons. The third kappa shape index (κ3) is 3.41. The van der Waals surface area contributed by atoms with Crippen LogP contribution in [0, 0.1) is 13.8 Å². The molecule has 1 amide bonds. The van der Waals surface area contributed by atoms with Gasteiger partial charge in [-0.05, 0) is 50.7 Å². The molecule has 1 aromatic carbocycles. The molecule has 0 unspecified atom stereocenters. The van der Waals surface area contributed by atoms with E-state index >= 15 is 0 Å². The van der Waals surface area contributed by atoms with Crippen LogP contribution in [-0.4, -0.2) is 53.7 Å². The van der Waals surface area contributed by atoms with Crippen molar-refractivity contribution in [3.8, 4) is 0 Å². The average molecular weight is 398 g/mol. The Balaban J connectivity index is 1.52. The summed E-state index contributed by atoms with van der Waals surface area (Å²) in [7, 11) is 2.12. The predicted octanol–water partition coefficient (Wildman–Crippen LogP) is 2.21. The van der Waals surface area contributed by atoms with Gasteiger partial charge in [0.05, 0.1) is 5.39 Å². The minimum Gasteiger partial charge on any atom is -0.369 e. The molecule has 1 aliphatic heterocycles. The lowest BCUT2D eigenvalue weighted by Gasteiger charge is -2.34. The van der Waals surface area contributed by atoms with Crippen molar-refractivity contribution in [3.05, 3.63) is 57.0 Å². The molecule has 1 aliphatic rings. The normalized spacial score (nSPS) is 15.2. The first-order chi connectivity index (χ1) is 13.4. The highest BCUT2D eigenvalue weighted by Gasteiger charge is 2.16. The SMILES string of the molecule is Cc1sc2ncn(NC(=O)c3ccc(N4CCN(C)CC4)cc3)c(=O)c2c1C. The van der Waals surface area contributed by atoms with Crippen molar-refractivity contribution >= 4 is 33.1 Å². The number of amides is 1. The van der Waals surface area contributed by atoms with Gasteiger partial charge in [0.1, 0.15) is 11.2 Å². The molecule has 3 heterocycles. The fourth-order valence-electron chi connectivity index (χ4n) is 3.38. The van der Waals surface area contributed by atoms with Crippen LogP contribution in [0.3, 0.4) is 0 Å². The van der Waals surface area contributed by atoms with Crippen LogP contribution in [0.15, 0.2) is 35.4 Å². The van der Waals surface area contributed by atoms with Crippen LogP contribution in [0.4, 0.5) is 5.69 Å². The van der Waals surface area contributed by atoms with E-state index in [1.54, 1.807) is 12.1 Å². The molecule has 0 saturated carbocycles. The van der Waals surface area contributed by atoms with E-state index in [1.807, 2.05) is 26.0 Å².